The van der Waals surface area contributed by atoms with E-state index in [1.165, 1.54) is 6.07 Å². The maximum atomic E-state index is 10.8. The molecule has 0 aliphatic heterocycles. The van der Waals surface area contributed by atoms with Crippen LogP contribution < -0.4 is 5.32 Å². The molecule has 1 N–H and O–H groups in total. The smallest absolute Gasteiger partial charge is 0.269 e. The molecule has 0 bridgehead atoms. The van der Waals surface area contributed by atoms with Gasteiger partial charge in [0, 0.05) is 42.8 Å². The van der Waals surface area contributed by atoms with Crippen molar-refractivity contribution in [2.45, 2.75) is 13.5 Å². The average Bonchev–Trinajstić information content (AvgIpc) is 2.75. The molecule has 1 aromatic carbocycles. The highest BCUT2D eigenvalue weighted by Gasteiger charge is 2.11. The Morgan fingerprint density at radius 3 is 2.83 bits per heavy atom. The van der Waals surface area contributed by atoms with Crippen LogP contribution in [0.2, 0.25) is 0 Å². The second kappa shape index (κ2) is 4.87. The van der Waals surface area contributed by atoms with E-state index in [1.54, 1.807) is 25.4 Å². The normalized spacial score (nSPS) is 10.3. The molecule has 0 saturated carbocycles. The summed E-state index contributed by atoms with van der Waals surface area (Å²) in [5.41, 5.74) is 1.85. The molecule has 1 aromatic heterocycles. The fourth-order valence-electron chi connectivity index (χ4n) is 1.82. The van der Waals surface area contributed by atoms with Crippen molar-refractivity contribution < 1.29 is 4.92 Å². The van der Waals surface area contributed by atoms with Gasteiger partial charge in [-0.2, -0.15) is 0 Å². The van der Waals surface area contributed by atoms with E-state index in [0.29, 0.717) is 6.54 Å². The molecule has 0 saturated heterocycles. The minimum atomic E-state index is -0.385. The number of nitrogens with one attached hydrogen (secondary N) is 1. The number of anilines is 1. The summed E-state index contributed by atoms with van der Waals surface area (Å²) >= 11 is 0. The van der Waals surface area contributed by atoms with E-state index < -0.39 is 0 Å². The van der Waals surface area contributed by atoms with Gasteiger partial charge in [-0.3, -0.25) is 10.1 Å². The quantitative estimate of drug-likeness (QED) is 0.663. The highest BCUT2D eigenvalue weighted by atomic mass is 16.6. The average molecular weight is 246 g/mol. The first-order valence-electron chi connectivity index (χ1n) is 5.54. The first-order valence-corrected chi connectivity index (χ1v) is 5.54. The number of non-ortho nitro benzene ring substituents is 1. The lowest BCUT2D eigenvalue weighted by molar-refractivity contribution is -0.384. The fourth-order valence-corrected chi connectivity index (χ4v) is 1.82. The van der Waals surface area contributed by atoms with Gasteiger partial charge >= 0.3 is 0 Å². The van der Waals surface area contributed by atoms with Gasteiger partial charge in [-0.25, -0.2) is 4.98 Å². The SMILES string of the molecule is CNc1ccc([N+](=O)[O-])cc1Cn1ccnc1C. The molecule has 0 spiro atoms. The predicted molar refractivity (Wildman–Crippen MR) is 68.7 cm³/mol. The highest BCUT2D eigenvalue weighted by molar-refractivity contribution is 5.55. The van der Waals surface area contributed by atoms with Crippen LogP contribution in [0.1, 0.15) is 11.4 Å². The minimum Gasteiger partial charge on any atom is -0.388 e. The second-order valence-electron chi connectivity index (χ2n) is 3.95. The standard InChI is InChI=1S/C12H14N4O2/c1-9-14-5-6-15(9)8-10-7-11(16(17)18)3-4-12(10)13-2/h3-7,13H,8H2,1-2H3. The van der Waals surface area contributed by atoms with E-state index in [2.05, 4.69) is 10.3 Å². The molecule has 0 unspecified atom stereocenters. The number of nitrogens with zero attached hydrogens (tertiary/aromatic N) is 3. The van der Waals surface area contributed by atoms with Gasteiger partial charge in [-0.05, 0) is 13.0 Å². The van der Waals surface area contributed by atoms with Crippen LogP contribution in [-0.2, 0) is 6.54 Å². The van der Waals surface area contributed by atoms with E-state index in [9.17, 15) is 10.1 Å². The van der Waals surface area contributed by atoms with Crippen molar-refractivity contribution >= 4 is 11.4 Å². The molecule has 6 heteroatoms. The third kappa shape index (κ3) is 2.32. The van der Waals surface area contributed by atoms with Crippen LogP contribution >= 0.6 is 0 Å². The van der Waals surface area contributed by atoms with Gasteiger partial charge in [-0.15, -0.1) is 0 Å². The lowest BCUT2D eigenvalue weighted by Crippen LogP contribution is -2.05. The molecule has 18 heavy (non-hydrogen) atoms. The maximum Gasteiger partial charge on any atom is 0.269 e. The first-order chi connectivity index (χ1) is 8.61. The Bertz CT molecular complexity index is 577. The largest absolute Gasteiger partial charge is 0.388 e. The van der Waals surface area contributed by atoms with E-state index in [-0.39, 0.29) is 10.6 Å². The molecule has 0 radical (unpaired) electrons. The van der Waals surface area contributed by atoms with Crippen molar-refractivity contribution in [3.8, 4) is 0 Å². The molecule has 1 heterocycles. The van der Waals surface area contributed by atoms with Gasteiger partial charge < -0.3 is 9.88 Å². The van der Waals surface area contributed by atoms with Gasteiger partial charge in [0.2, 0.25) is 0 Å². The molecular weight excluding hydrogens is 232 g/mol. The molecule has 0 aliphatic carbocycles. The Labute approximate surface area is 104 Å². The molecule has 0 atom stereocenters. The minimum absolute atomic E-state index is 0.0989. The zero-order chi connectivity index (χ0) is 13.1. The van der Waals surface area contributed by atoms with Gasteiger partial charge in [0.25, 0.3) is 5.69 Å². The molecular formula is C12H14N4O2. The van der Waals surface area contributed by atoms with Crippen LogP contribution in [0, 0.1) is 17.0 Å². The monoisotopic (exact) mass is 246 g/mol. The Balaban J connectivity index is 2.38. The lowest BCUT2D eigenvalue weighted by Gasteiger charge is -2.10. The molecule has 2 aromatic rings. The summed E-state index contributed by atoms with van der Waals surface area (Å²) in [4.78, 5) is 14.5. The Morgan fingerprint density at radius 1 is 1.50 bits per heavy atom. The predicted octanol–water partition coefficient (Wildman–Crippen LogP) is 2.19. The van der Waals surface area contributed by atoms with Crippen molar-refractivity contribution in [1.82, 2.24) is 9.55 Å². The maximum absolute atomic E-state index is 10.8. The number of aryl methyl sites for hydroxylation is 1. The summed E-state index contributed by atoms with van der Waals surface area (Å²) < 4.78 is 1.94. The van der Waals surface area contributed by atoms with Gasteiger partial charge in [0.15, 0.2) is 0 Å². The fraction of sp³-hybridized carbons (Fsp3) is 0.250. The third-order valence-electron chi connectivity index (χ3n) is 2.83. The van der Waals surface area contributed by atoms with Crippen molar-refractivity contribution in [3.63, 3.8) is 0 Å². The number of nitro groups is 1. The molecule has 0 aliphatic rings. The number of imidazole rings is 1. The zero-order valence-electron chi connectivity index (χ0n) is 10.3. The van der Waals surface area contributed by atoms with Crippen molar-refractivity contribution in [3.05, 3.63) is 52.1 Å². The number of hydrogen-bond acceptors (Lipinski definition) is 4. The molecule has 0 amide bonds. The lowest BCUT2D eigenvalue weighted by atomic mass is 10.1. The summed E-state index contributed by atoms with van der Waals surface area (Å²) in [7, 11) is 1.80. The summed E-state index contributed by atoms with van der Waals surface area (Å²) in [6.07, 6.45) is 3.57. The second-order valence-corrected chi connectivity index (χ2v) is 3.95. The van der Waals surface area contributed by atoms with Crippen molar-refractivity contribution in [2.75, 3.05) is 12.4 Å². The van der Waals surface area contributed by atoms with E-state index >= 15 is 0 Å². The Morgan fingerprint density at radius 2 is 2.28 bits per heavy atom. The van der Waals surface area contributed by atoms with E-state index in [1.807, 2.05) is 17.7 Å². The topological polar surface area (TPSA) is 73.0 Å². The van der Waals surface area contributed by atoms with Crippen LogP contribution in [0.4, 0.5) is 11.4 Å². The van der Waals surface area contributed by atoms with Crippen LogP contribution in [0.25, 0.3) is 0 Å². The van der Waals surface area contributed by atoms with E-state index in [0.717, 1.165) is 17.1 Å². The van der Waals surface area contributed by atoms with Crippen LogP contribution in [-0.4, -0.2) is 21.5 Å². The zero-order valence-corrected chi connectivity index (χ0v) is 10.3. The molecule has 6 nitrogen and oxygen atoms in total. The summed E-state index contributed by atoms with van der Waals surface area (Å²) in [6, 6.07) is 4.81. The third-order valence-corrected chi connectivity index (χ3v) is 2.83. The summed E-state index contributed by atoms with van der Waals surface area (Å²) in [5.74, 6) is 0.878. The van der Waals surface area contributed by atoms with Gasteiger partial charge in [0.1, 0.15) is 5.82 Å². The van der Waals surface area contributed by atoms with Crippen LogP contribution in [0.3, 0.4) is 0 Å². The summed E-state index contributed by atoms with van der Waals surface area (Å²) in [5, 5.41) is 13.8. The number of aromatic nitrogens is 2. The van der Waals surface area contributed by atoms with Gasteiger partial charge in [-0.1, -0.05) is 0 Å². The van der Waals surface area contributed by atoms with Crippen molar-refractivity contribution in [1.29, 1.82) is 0 Å². The Kier molecular flexibility index (Phi) is 3.27. The van der Waals surface area contributed by atoms with E-state index in [4.69, 9.17) is 0 Å². The molecule has 94 valence electrons. The molecule has 2 rings (SSSR count). The summed E-state index contributed by atoms with van der Waals surface area (Å²) in [6.45, 7) is 2.46. The number of rotatable bonds is 4. The molecule has 0 fully saturated rings. The van der Waals surface area contributed by atoms with Gasteiger partial charge in [0.05, 0.1) is 11.5 Å². The highest BCUT2D eigenvalue weighted by Crippen LogP contribution is 2.23. The Hall–Kier alpha value is -2.37. The van der Waals surface area contributed by atoms with Crippen LogP contribution in [0.15, 0.2) is 30.6 Å². The first kappa shape index (κ1) is 12.1. The number of nitro benzene ring substituents is 1. The number of benzene rings is 1. The van der Waals surface area contributed by atoms with Crippen molar-refractivity contribution in [2.24, 2.45) is 0 Å². The van der Waals surface area contributed by atoms with Crippen LogP contribution in [0.5, 0.6) is 0 Å². The number of hydrogen-bond donors (Lipinski definition) is 1.